The number of amides is 1. The van der Waals surface area contributed by atoms with Crippen molar-refractivity contribution in [1.29, 1.82) is 5.41 Å². The lowest BCUT2D eigenvalue weighted by Gasteiger charge is -2.21. The third kappa shape index (κ3) is 5.41. The highest BCUT2D eigenvalue weighted by atomic mass is 16.5. The van der Waals surface area contributed by atoms with Crippen molar-refractivity contribution in [2.75, 3.05) is 25.0 Å². The maximum absolute atomic E-state index is 13.1. The number of anilines is 2. The fourth-order valence-electron chi connectivity index (χ4n) is 2.88. The second-order valence-electron chi connectivity index (χ2n) is 6.51. The molecule has 2 aromatic carbocycles. The summed E-state index contributed by atoms with van der Waals surface area (Å²) < 4.78 is 10.7. The first kappa shape index (κ1) is 21.4. The minimum absolute atomic E-state index is 0.0275. The van der Waals surface area contributed by atoms with E-state index in [0.717, 1.165) is 0 Å². The molecule has 0 saturated heterocycles. The number of benzene rings is 2. The number of ether oxygens (including phenoxy) is 2. The van der Waals surface area contributed by atoms with Crippen LogP contribution >= 0.6 is 0 Å². The number of nitrogens with one attached hydrogen (secondary N) is 4. The Labute approximate surface area is 180 Å². The Bertz CT molecular complexity index is 1040. The van der Waals surface area contributed by atoms with Crippen LogP contribution in [-0.4, -0.2) is 30.9 Å². The molecule has 1 amide bonds. The summed E-state index contributed by atoms with van der Waals surface area (Å²) in [6, 6.07) is 16.7. The number of carbonyl (C=O) groups is 1. The number of carbonyl (C=O) groups excluding carboxylic acids is 1. The molecule has 6 N–H and O–H groups in total. The lowest BCUT2D eigenvalue weighted by atomic mass is 10.0. The number of aromatic nitrogens is 1. The van der Waals surface area contributed by atoms with Gasteiger partial charge in [0, 0.05) is 17.4 Å². The van der Waals surface area contributed by atoms with Gasteiger partial charge < -0.3 is 20.5 Å². The molecule has 0 aliphatic carbocycles. The van der Waals surface area contributed by atoms with Gasteiger partial charge in [-0.05, 0) is 54.1 Å². The van der Waals surface area contributed by atoms with Crippen LogP contribution < -0.4 is 31.4 Å². The normalized spacial score (nSPS) is 11.2. The summed E-state index contributed by atoms with van der Waals surface area (Å²) in [6.45, 7) is 0. The van der Waals surface area contributed by atoms with Crippen molar-refractivity contribution in [1.82, 2.24) is 10.4 Å². The number of methoxy groups -OCH3 is 2. The molecule has 1 heterocycles. The van der Waals surface area contributed by atoms with Gasteiger partial charge in [-0.15, -0.1) is 0 Å². The van der Waals surface area contributed by atoms with E-state index < -0.39 is 6.04 Å². The SMILES string of the molecule is COc1ccc(C(Nc2ccc(C(=N)N)cc2)C(=O)NNc2ccccn2)cc1OC. The fourth-order valence-corrected chi connectivity index (χ4v) is 2.88. The van der Waals surface area contributed by atoms with Crippen molar-refractivity contribution in [2.45, 2.75) is 6.04 Å². The molecule has 3 aromatic rings. The number of nitrogen functional groups attached to an aromatic ring is 1. The van der Waals surface area contributed by atoms with Crippen molar-refractivity contribution in [3.8, 4) is 11.5 Å². The number of nitrogens with zero attached hydrogens (tertiary/aromatic N) is 1. The fraction of sp³-hybridized carbons (Fsp3) is 0.136. The molecule has 3 rings (SSSR count). The van der Waals surface area contributed by atoms with E-state index in [1.54, 1.807) is 67.9 Å². The topological polar surface area (TPSA) is 134 Å². The monoisotopic (exact) mass is 420 g/mol. The lowest BCUT2D eigenvalue weighted by molar-refractivity contribution is -0.121. The zero-order valence-corrected chi connectivity index (χ0v) is 17.2. The van der Waals surface area contributed by atoms with Crippen molar-refractivity contribution in [2.24, 2.45) is 5.73 Å². The molecule has 1 atom stereocenters. The first-order chi connectivity index (χ1) is 15.0. The number of nitrogens with two attached hydrogens (primary N) is 1. The van der Waals surface area contributed by atoms with Crippen LogP contribution in [-0.2, 0) is 4.79 Å². The number of rotatable bonds is 9. The van der Waals surface area contributed by atoms with Gasteiger partial charge in [0.15, 0.2) is 11.5 Å². The van der Waals surface area contributed by atoms with E-state index in [1.807, 2.05) is 6.07 Å². The third-order valence-corrected chi connectivity index (χ3v) is 4.49. The summed E-state index contributed by atoms with van der Waals surface area (Å²) in [4.78, 5) is 17.2. The summed E-state index contributed by atoms with van der Waals surface area (Å²) in [5.74, 6) is 1.20. The average molecular weight is 420 g/mol. The molecule has 31 heavy (non-hydrogen) atoms. The Morgan fingerprint density at radius 3 is 2.39 bits per heavy atom. The molecule has 9 nitrogen and oxygen atoms in total. The molecule has 0 saturated carbocycles. The summed E-state index contributed by atoms with van der Waals surface area (Å²) in [7, 11) is 3.08. The molecule has 9 heteroatoms. The van der Waals surface area contributed by atoms with Crippen LogP contribution in [0, 0.1) is 5.41 Å². The van der Waals surface area contributed by atoms with Gasteiger partial charge in [0.2, 0.25) is 0 Å². The molecule has 1 unspecified atom stereocenters. The third-order valence-electron chi connectivity index (χ3n) is 4.49. The Balaban J connectivity index is 1.87. The Morgan fingerprint density at radius 2 is 1.77 bits per heavy atom. The summed E-state index contributed by atoms with van der Waals surface area (Å²) in [5.41, 5.74) is 12.9. The van der Waals surface area contributed by atoms with E-state index >= 15 is 0 Å². The van der Waals surface area contributed by atoms with E-state index in [1.165, 1.54) is 7.11 Å². The van der Waals surface area contributed by atoms with Gasteiger partial charge in [0.05, 0.1) is 14.2 Å². The molecular formula is C22H24N6O3. The largest absolute Gasteiger partial charge is 0.493 e. The van der Waals surface area contributed by atoms with E-state index in [9.17, 15) is 4.79 Å². The second-order valence-corrected chi connectivity index (χ2v) is 6.51. The number of pyridine rings is 1. The zero-order chi connectivity index (χ0) is 22.2. The standard InChI is InChI=1S/C22H24N6O3/c1-30-17-11-8-15(13-18(17)31-2)20(22(29)28-27-19-5-3-4-12-25-19)26-16-9-6-14(7-10-16)21(23)24/h3-13,20,26H,1-2H3,(H3,23,24)(H,25,27)(H,28,29). The lowest BCUT2D eigenvalue weighted by Crippen LogP contribution is -2.37. The van der Waals surface area contributed by atoms with Crippen LogP contribution in [0.25, 0.3) is 0 Å². The quantitative estimate of drug-likeness (QED) is 0.204. The summed E-state index contributed by atoms with van der Waals surface area (Å²) >= 11 is 0. The predicted octanol–water partition coefficient (Wildman–Crippen LogP) is 2.68. The van der Waals surface area contributed by atoms with Gasteiger partial charge in [0.25, 0.3) is 5.91 Å². The van der Waals surface area contributed by atoms with Crippen molar-refractivity contribution in [3.63, 3.8) is 0 Å². The van der Waals surface area contributed by atoms with Gasteiger partial charge >= 0.3 is 0 Å². The number of hydrogen-bond acceptors (Lipinski definition) is 7. The van der Waals surface area contributed by atoms with Crippen molar-refractivity contribution in [3.05, 3.63) is 78.0 Å². The highest BCUT2D eigenvalue weighted by Gasteiger charge is 2.22. The van der Waals surface area contributed by atoms with Crippen LogP contribution in [0.1, 0.15) is 17.2 Å². The highest BCUT2D eigenvalue weighted by molar-refractivity contribution is 5.95. The van der Waals surface area contributed by atoms with Crippen molar-refractivity contribution < 1.29 is 14.3 Å². The molecule has 0 aliphatic rings. The molecular weight excluding hydrogens is 396 g/mol. The van der Waals surface area contributed by atoms with E-state index in [-0.39, 0.29) is 11.7 Å². The van der Waals surface area contributed by atoms with Crippen LogP contribution in [0.5, 0.6) is 11.5 Å². The molecule has 0 spiro atoms. The van der Waals surface area contributed by atoms with Crippen LogP contribution in [0.2, 0.25) is 0 Å². The molecule has 0 aliphatic heterocycles. The maximum Gasteiger partial charge on any atom is 0.265 e. The number of hydrogen-bond donors (Lipinski definition) is 5. The van der Waals surface area contributed by atoms with Crippen LogP contribution in [0.15, 0.2) is 66.9 Å². The van der Waals surface area contributed by atoms with Crippen LogP contribution in [0.3, 0.4) is 0 Å². The molecule has 0 fully saturated rings. The minimum atomic E-state index is -0.765. The van der Waals surface area contributed by atoms with Crippen LogP contribution in [0.4, 0.5) is 11.5 Å². The number of amidine groups is 1. The molecule has 0 radical (unpaired) electrons. The Morgan fingerprint density at radius 1 is 1.03 bits per heavy atom. The first-order valence-corrected chi connectivity index (χ1v) is 9.41. The van der Waals surface area contributed by atoms with E-state index in [2.05, 4.69) is 21.2 Å². The first-order valence-electron chi connectivity index (χ1n) is 9.41. The average Bonchev–Trinajstić information content (AvgIpc) is 2.81. The van der Waals surface area contributed by atoms with Gasteiger partial charge in [0.1, 0.15) is 17.7 Å². The maximum atomic E-state index is 13.1. The predicted molar refractivity (Wildman–Crippen MR) is 119 cm³/mol. The van der Waals surface area contributed by atoms with Gasteiger partial charge in [-0.3, -0.25) is 21.1 Å². The van der Waals surface area contributed by atoms with E-state index in [0.29, 0.717) is 34.1 Å². The van der Waals surface area contributed by atoms with Gasteiger partial charge in [-0.2, -0.15) is 0 Å². The van der Waals surface area contributed by atoms with Gasteiger partial charge in [-0.1, -0.05) is 12.1 Å². The molecule has 160 valence electrons. The number of hydrazine groups is 1. The second kappa shape index (κ2) is 9.97. The Kier molecular flexibility index (Phi) is 6.89. The van der Waals surface area contributed by atoms with Crippen molar-refractivity contribution >= 4 is 23.2 Å². The summed E-state index contributed by atoms with van der Waals surface area (Å²) in [6.07, 6.45) is 1.62. The summed E-state index contributed by atoms with van der Waals surface area (Å²) in [5, 5.41) is 10.7. The molecule has 0 bridgehead atoms. The molecule has 1 aromatic heterocycles. The Hall–Kier alpha value is -4.27. The minimum Gasteiger partial charge on any atom is -0.493 e. The zero-order valence-electron chi connectivity index (χ0n) is 17.2. The highest BCUT2D eigenvalue weighted by Crippen LogP contribution is 2.31. The van der Waals surface area contributed by atoms with Gasteiger partial charge in [-0.25, -0.2) is 4.98 Å². The smallest absolute Gasteiger partial charge is 0.265 e. The van der Waals surface area contributed by atoms with E-state index in [4.69, 9.17) is 20.6 Å².